The number of aryl methyl sites for hydroxylation is 1. The van der Waals surface area contributed by atoms with E-state index < -0.39 is 10.0 Å². The number of hydrogen-bond donors (Lipinski definition) is 2. The molecule has 1 aliphatic rings. The van der Waals surface area contributed by atoms with E-state index >= 15 is 0 Å². The highest BCUT2D eigenvalue weighted by atomic mass is 79.9. The van der Waals surface area contributed by atoms with E-state index in [0.717, 1.165) is 24.0 Å². The SMILES string of the molecule is COC1CCC(NS(=O)(=O)c2cc(CN)cc(C)c2Br)C1. The number of nitrogens with one attached hydrogen (secondary N) is 1. The van der Waals surface area contributed by atoms with E-state index in [-0.39, 0.29) is 17.0 Å². The van der Waals surface area contributed by atoms with Crippen molar-refractivity contribution in [2.24, 2.45) is 5.73 Å². The van der Waals surface area contributed by atoms with Crippen LogP contribution in [-0.2, 0) is 21.3 Å². The smallest absolute Gasteiger partial charge is 0.241 e. The van der Waals surface area contributed by atoms with Crippen molar-refractivity contribution in [2.75, 3.05) is 7.11 Å². The zero-order valence-corrected chi connectivity index (χ0v) is 14.6. The minimum Gasteiger partial charge on any atom is -0.381 e. The van der Waals surface area contributed by atoms with Gasteiger partial charge in [-0.05, 0) is 59.3 Å². The Balaban J connectivity index is 2.26. The van der Waals surface area contributed by atoms with Crippen molar-refractivity contribution < 1.29 is 13.2 Å². The second kappa shape index (κ2) is 6.75. The molecule has 2 rings (SSSR count). The second-order valence-corrected chi connectivity index (χ2v) is 7.89. The molecule has 0 heterocycles. The molecule has 2 unspecified atom stereocenters. The van der Waals surface area contributed by atoms with Crippen molar-refractivity contribution >= 4 is 26.0 Å². The fourth-order valence-corrected chi connectivity index (χ4v) is 5.02. The number of halogens is 1. The molecule has 1 fully saturated rings. The topological polar surface area (TPSA) is 81.4 Å². The Bertz CT molecular complexity index is 619. The number of ether oxygens (including phenoxy) is 1. The Morgan fingerprint density at radius 2 is 2.14 bits per heavy atom. The molecule has 118 valence electrons. The highest BCUT2D eigenvalue weighted by molar-refractivity contribution is 9.10. The lowest BCUT2D eigenvalue weighted by atomic mass is 10.1. The van der Waals surface area contributed by atoms with Crippen LogP contribution in [0.2, 0.25) is 0 Å². The van der Waals surface area contributed by atoms with Gasteiger partial charge in [0.2, 0.25) is 10.0 Å². The van der Waals surface area contributed by atoms with Crippen molar-refractivity contribution in [1.29, 1.82) is 0 Å². The number of nitrogens with two attached hydrogens (primary N) is 1. The molecule has 2 atom stereocenters. The first-order valence-electron chi connectivity index (χ1n) is 6.91. The number of methoxy groups -OCH3 is 1. The zero-order chi connectivity index (χ0) is 15.6. The van der Waals surface area contributed by atoms with Crippen LogP contribution < -0.4 is 10.5 Å². The Morgan fingerprint density at radius 3 is 2.71 bits per heavy atom. The summed E-state index contributed by atoms with van der Waals surface area (Å²) in [5.74, 6) is 0. The zero-order valence-electron chi connectivity index (χ0n) is 12.2. The van der Waals surface area contributed by atoms with Crippen LogP contribution in [0, 0.1) is 6.92 Å². The van der Waals surface area contributed by atoms with Gasteiger partial charge in [0.15, 0.2) is 0 Å². The first-order chi connectivity index (χ1) is 9.87. The molecule has 0 aliphatic heterocycles. The molecule has 0 radical (unpaired) electrons. The third kappa shape index (κ3) is 3.84. The maximum absolute atomic E-state index is 12.6. The van der Waals surface area contributed by atoms with E-state index in [1.54, 1.807) is 13.2 Å². The van der Waals surface area contributed by atoms with Gasteiger partial charge in [-0.25, -0.2) is 13.1 Å². The van der Waals surface area contributed by atoms with E-state index in [0.29, 0.717) is 17.4 Å². The summed E-state index contributed by atoms with van der Waals surface area (Å²) in [4.78, 5) is 0.254. The lowest BCUT2D eigenvalue weighted by molar-refractivity contribution is 0.107. The Hall–Kier alpha value is -0.470. The Morgan fingerprint density at radius 1 is 1.43 bits per heavy atom. The third-order valence-corrected chi connectivity index (χ3v) is 6.71. The van der Waals surface area contributed by atoms with Gasteiger partial charge in [0.25, 0.3) is 0 Å². The lowest BCUT2D eigenvalue weighted by Gasteiger charge is -2.16. The first kappa shape index (κ1) is 16.9. The van der Waals surface area contributed by atoms with Crippen LogP contribution in [0.5, 0.6) is 0 Å². The van der Waals surface area contributed by atoms with Gasteiger partial charge in [0.1, 0.15) is 0 Å². The summed E-state index contributed by atoms with van der Waals surface area (Å²) in [5.41, 5.74) is 7.30. The quantitative estimate of drug-likeness (QED) is 0.823. The van der Waals surface area contributed by atoms with E-state index in [4.69, 9.17) is 10.5 Å². The summed E-state index contributed by atoms with van der Waals surface area (Å²) in [5, 5.41) is 0. The van der Waals surface area contributed by atoms with Crippen molar-refractivity contribution in [2.45, 2.75) is 49.8 Å². The first-order valence-corrected chi connectivity index (χ1v) is 9.19. The molecule has 5 nitrogen and oxygen atoms in total. The molecule has 1 aromatic carbocycles. The molecular formula is C14H21BrN2O3S. The van der Waals surface area contributed by atoms with Crippen LogP contribution in [0.3, 0.4) is 0 Å². The predicted molar refractivity (Wildman–Crippen MR) is 85.5 cm³/mol. The van der Waals surface area contributed by atoms with Crippen molar-refractivity contribution in [3.05, 3.63) is 27.7 Å². The van der Waals surface area contributed by atoms with Crippen LogP contribution in [0.4, 0.5) is 0 Å². The van der Waals surface area contributed by atoms with Gasteiger partial charge >= 0.3 is 0 Å². The van der Waals surface area contributed by atoms with Gasteiger partial charge in [-0.1, -0.05) is 6.07 Å². The lowest BCUT2D eigenvalue weighted by Crippen LogP contribution is -2.33. The standard InChI is InChI=1S/C14H21BrN2O3S/c1-9-5-10(8-16)6-13(14(9)15)21(18,19)17-11-3-4-12(7-11)20-2/h5-6,11-12,17H,3-4,7-8,16H2,1-2H3. The summed E-state index contributed by atoms with van der Waals surface area (Å²) in [7, 11) is -1.91. The fraction of sp³-hybridized carbons (Fsp3) is 0.571. The average molecular weight is 377 g/mol. The minimum absolute atomic E-state index is 0.0753. The van der Waals surface area contributed by atoms with Crippen LogP contribution >= 0.6 is 15.9 Å². The van der Waals surface area contributed by atoms with Gasteiger partial charge in [-0.3, -0.25) is 0 Å². The maximum Gasteiger partial charge on any atom is 0.241 e. The molecule has 7 heteroatoms. The molecule has 0 aromatic heterocycles. The molecule has 0 saturated heterocycles. The van der Waals surface area contributed by atoms with Gasteiger partial charge in [-0.2, -0.15) is 0 Å². The molecule has 1 saturated carbocycles. The van der Waals surface area contributed by atoms with E-state index in [9.17, 15) is 8.42 Å². The number of benzene rings is 1. The monoisotopic (exact) mass is 376 g/mol. The van der Waals surface area contributed by atoms with Crippen LogP contribution in [0.1, 0.15) is 30.4 Å². The van der Waals surface area contributed by atoms with E-state index in [1.807, 2.05) is 13.0 Å². The summed E-state index contributed by atoms with van der Waals surface area (Å²) in [6.07, 6.45) is 2.53. The van der Waals surface area contributed by atoms with Gasteiger partial charge < -0.3 is 10.5 Å². The normalized spacial score (nSPS) is 22.7. The molecule has 1 aromatic rings. The fourth-order valence-electron chi connectivity index (χ4n) is 2.67. The number of hydrogen-bond acceptors (Lipinski definition) is 4. The highest BCUT2D eigenvalue weighted by Gasteiger charge is 2.29. The summed E-state index contributed by atoms with van der Waals surface area (Å²) >= 11 is 3.37. The molecule has 0 amide bonds. The highest BCUT2D eigenvalue weighted by Crippen LogP contribution is 2.29. The molecule has 21 heavy (non-hydrogen) atoms. The van der Waals surface area contributed by atoms with Crippen molar-refractivity contribution in [3.8, 4) is 0 Å². The van der Waals surface area contributed by atoms with Crippen molar-refractivity contribution in [3.63, 3.8) is 0 Å². The second-order valence-electron chi connectivity index (χ2n) is 5.42. The molecule has 0 spiro atoms. The number of rotatable bonds is 5. The summed E-state index contributed by atoms with van der Waals surface area (Å²) in [6, 6.07) is 3.44. The third-order valence-electron chi connectivity index (χ3n) is 3.85. The number of sulfonamides is 1. The van der Waals surface area contributed by atoms with Gasteiger partial charge in [-0.15, -0.1) is 0 Å². The Kier molecular flexibility index (Phi) is 5.43. The maximum atomic E-state index is 12.6. The van der Waals surface area contributed by atoms with Gasteiger partial charge in [0.05, 0.1) is 11.0 Å². The molecule has 1 aliphatic carbocycles. The van der Waals surface area contributed by atoms with E-state index in [2.05, 4.69) is 20.7 Å². The molecule has 3 N–H and O–H groups in total. The Labute approximate surface area is 134 Å². The summed E-state index contributed by atoms with van der Waals surface area (Å²) < 4.78 is 33.9. The molecular weight excluding hydrogens is 356 g/mol. The molecule has 0 bridgehead atoms. The largest absolute Gasteiger partial charge is 0.381 e. The average Bonchev–Trinajstić information content (AvgIpc) is 2.88. The van der Waals surface area contributed by atoms with E-state index in [1.165, 1.54) is 0 Å². The van der Waals surface area contributed by atoms with Crippen LogP contribution in [-0.4, -0.2) is 27.7 Å². The van der Waals surface area contributed by atoms with Crippen LogP contribution in [0.15, 0.2) is 21.5 Å². The minimum atomic E-state index is -3.57. The summed E-state index contributed by atoms with van der Waals surface area (Å²) in [6.45, 7) is 2.17. The van der Waals surface area contributed by atoms with Crippen molar-refractivity contribution in [1.82, 2.24) is 4.72 Å². The predicted octanol–water partition coefficient (Wildman–Crippen LogP) is 2.06. The van der Waals surface area contributed by atoms with Gasteiger partial charge in [0, 0.05) is 24.2 Å². The van der Waals surface area contributed by atoms with Crippen LogP contribution in [0.25, 0.3) is 0 Å².